The van der Waals surface area contributed by atoms with Crippen LogP contribution in [-0.2, 0) is 25.6 Å². The predicted molar refractivity (Wildman–Crippen MR) is 135 cm³/mol. The van der Waals surface area contributed by atoms with Crippen molar-refractivity contribution >= 4 is 34.2 Å². The predicted octanol–water partition coefficient (Wildman–Crippen LogP) is 4.40. The maximum absolute atomic E-state index is 9.04. The van der Waals surface area contributed by atoms with Crippen LogP contribution in [0.4, 0.5) is 0 Å². The summed E-state index contributed by atoms with van der Waals surface area (Å²) in [6.07, 6.45) is 8.96. The van der Waals surface area contributed by atoms with Crippen LogP contribution in [0.15, 0.2) is 73.4 Å². The van der Waals surface area contributed by atoms with Gasteiger partial charge in [-0.1, -0.05) is 23.7 Å². The molecule has 0 aliphatic heterocycles. The molecule has 0 saturated carbocycles. The van der Waals surface area contributed by atoms with E-state index in [4.69, 9.17) is 33.4 Å². The van der Waals surface area contributed by atoms with Crippen molar-refractivity contribution in [2.24, 2.45) is 0 Å². The maximum atomic E-state index is 9.04. The van der Waals surface area contributed by atoms with Crippen LogP contribution >= 0.6 is 23.2 Å². The van der Waals surface area contributed by atoms with Gasteiger partial charge in [0.2, 0.25) is 0 Å². The fraction of sp³-hybridized carbons (Fsp3) is 0.160. The van der Waals surface area contributed by atoms with Crippen LogP contribution in [-0.4, -0.2) is 39.9 Å². The molecule has 35 heavy (non-hydrogen) atoms. The van der Waals surface area contributed by atoms with Gasteiger partial charge in [0.15, 0.2) is 0 Å². The van der Waals surface area contributed by atoms with Crippen LogP contribution in [0.5, 0.6) is 0 Å². The molecular formula is C25H22Cl2N6O2. The molecule has 8 nitrogen and oxygen atoms in total. The highest BCUT2D eigenvalue weighted by Gasteiger charge is 2.06. The Kier molecular flexibility index (Phi) is 8.33. The van der Waals surface area contributed by atoms with E-state index in [1.165, 1.54) is 0 Å². The zero-order valence-corrected chi connectivity index (χ0v) is 20.1. The lowest BCUT2D eigenvalue weighted by Crippen LogP contribution is -2.01. The van der Waals surface area contributed by atoms with E-state index in [-0.39, 0.29) is 13.2 Å². The van der Waals surface area contributed by atoms with Gasteiger partial charge in [-0.25, -0.2) is 4.98 Å². The van der Waals surface area contributed by atoms with Gasteiger partial charge in [-0.15, -0.1) is 11.6 Å². The third-order valence-corrected chi connectivity index (χ3v) is 5.58. The van der Waals surface area contributed by atoms with Crippen LogP contribution < -0.4 is 0 Å². The molecular weight excluding hydrogens is 487 g/mol. The summed E-state index contributed by atoms with van der Waals surface area (Å²) in [6.45, 7) is 0.533. The molecule has 0 fully saturated rings. The van der Waals surface area contributed by atoms with Gasteiger partial charge in [-0.05, 0) is 41.5 Å². The summed E-state index contributed by atoms with van der Waals surface area (Å²) in [7, 11) is 0. The van der Waals surface area contributed by atoms with Crippen LogP contribution in [0.1, 0.15) is 22.5 Å². The molecule has 0 atom stereocenters. The number of alkyl halides is 1. The third-order valence-electron chi connectivity index (χ3n) is 5.06. The number of fused-ring (bicyclic) bond motifs is 1. The van der Waals surface area contributed by atoms with Crippen LogP contribution in [0, 0.1) is 0 Å². The monoisotopic (exact) mass is 508 g/mol. The fourth-order valence-electron chi connectivity index (χ4n) is 3.20. The zero-order valence-electron chi connectivity index (χ0n) is 18.6. The van der Waals surface area contributed by atoms with Crippen molar-refractivity contribution in [1.82, 2.24) is 29.7 Å². The molecule has 5 rings (SSSR count). The first-order chi connectivity index (χ1) is 17.1. The van der Waals surface area contributed by atoms with E-state index in [2.05, 4.69) is 25.0 Å². The lowest BCUT2D eigenvalue weighted by atomic mass is 10.1. The molecule has 0 saturated heterocycles. The summed E-state index contributed by atoms with van der Waals surface area (Å²) >= 11 is 11.5. The first kappa shape index (κ1) is 24.7. The Labute approximate surface area is 211 Å². The molecule has 0 bridgehead atoms. The van der Waals surface area contributed by atoms with Gasteiger partial charge in [-0.3, -0.25) is 19.6 Å². The number of nitrogens with zero attached hydrogens (tertiary/aromatic N) is 6. The van der Waals surface area contributed by atoms with Gasteiger partial charge in [-0.2, -0.15) is 5.10 Å². The van der Waals surface area contributed by atoms with Crippen molar-refractivity contribution in [3.8, 4) is 11.1 Å². The molecule has 0 spiro atoms. The van der Waals surface area contributed by atoms with Gasteiger partial charge in [0, 0.05) is 41.8 Å². The normalized spacial score (nSPS) is 10.7. The molecule has 0 radical (unpaired) electrons. The number of halogens is 2. The quantitative estimate of drug-likeness (QED) is 0.258. The second kappa shape index (κ2) is 11.8. The fourth-order valence-corrected chi connectivity index (χ4v) is 3.51. The average Bonchev–Trinajstić information content (AvgIpc) is 3.37. The number of hydrogen-bond donors (Lipinski definition) is 2. The van der Waals surface area contributed by atoms with Crippen molar-refractivity contribution in [2.45, 2.75) is 25.6 Å². The Bertz CT molecular complexity index is 1370. The van der Waals surface area contributed by atoms with Crippen molar-refractivity contribution < 1.29 is 10.2 Å². The van der Waals surface area contributed by atoms with Gasteiger partial charge in [0.1, 0.15) is 5.15 Å². The second-order valence-electron chi connectivity index (χ2n) is 7.59. The lowest BCUT2D eigenvalue weighted by Gasteiger charge is -2.03. The smallest absolute Gasteiger partial charge is 0.129 e. The number of aliphatic hydroxyl groups is 2. The van der Waals surface area contributed by atoms with Crippen molar-refractivity contribution in [3.05, 3.63) is 101 Å². The second-order valence-corrected chi connectivity index (χ2v) is 8.24. The Hall–Kier alpha value is -3.43. The average molecular weight is 509 g/mol. The lowest BCUT2D eigenvalue weighted by molar-refractivity contribution is 0.276. The molecule has 178 valence electrons. The van der Waals surface area contributed by atoms with Crippen LogP contribution in [0.3, 0.4) is 0 Å². The van der Waals surface area contributed by atoms with E-state index in [9.17, 15) is 0 Å². The first-order valence-electron chi connectivity index (χ1n) is 10.7. The molecule has 0 aliphatic rings. The van der Waals surface area contributed by atoms with Gasteiger partial charge >= 0.3 is 0 Å². The molecule has 5 heterocycles. The Balaban J connectivity index is 0.000000243. The molecule has 0 aromatic carbocycles. The van der Waals surface area contributed by atoms with E-state index in [1.807, 2.05) is 41.2 Å². The number of pyridine rings is 4. The summed E-state index contributed by atoms with van der Waals surface area (Å²) in [5.41, 5.74) is 6.75. The highest BCUT2D eigenvalue weighted by molar-refractivity contribution is 6.29. The summed E-state index contributed by atoms with van der Waals surface area (Å²) in [6, 6.07) is 12.9. The van der Waals surface area contributed by atoms with E-state index in [0.717, 1.165) is 33.3 Å². The minimum Gasteiger partial charge on any atom is -0.390 e. The molecule has 10 heteroatoms. The molecule has 0 unspecified atom stereocenters. The summed E-state index contributed by atoms with van der Waals surface area (Å²) in [5.74, 6) is 0.471. The Morgan fingerprint density at radius 1 is 0.743 bits per heavy atom. The molecule has 5 aromatic rings. The number of hydrogen-bond acceptors (Lipinski definition) is 7. The number of rotatable bonds is 6. The molecule has 5 aromatic heterocycles. The number of aromatic nitrogens is 6. The van der Waals surface area contributed by atoms with E-state index in [1.54, 1.807) is 36.9 Å². The molecule has 0 aliphatic carbocycles. The minimum absolute atomic E-state index is 0.0113. The largest absolute Gasteiger partial charge is 0.390 e. The summed E-state index contributed by atoms with van der Waals surface area (Å²) in [5, 5.41) is 22.5. The Morgan fingerprint density at radius 3 is 2.09 bits per heavy atom. The maximum Gasteiger partial charge on any atom is 0.129 e. The van der Waals surface area contributed by atoms with E-state index >= 15 is 0 Å². The van der Waals surface area contributed by atoms with Crippen molar-refractivity contribution in [3.63, 3.8) is 0 Å². The highest BCUT2D eigenvalue weighted by atomic mass is 35.5. The van der Waals surface area contributed by atoms with E-state index in [0.29, 0.717) is 29.0 Å². The topological polar surface area (TPSA) is 110 Å². The first-order valence-corrected chi connectivity index (χ1v) is 11.6. The van der Waals surface area contributed by atoms with Crippen molar-refractivity contribution in [2.75, 3.05) is 0 Å². The summed E-state index contributed by atoms with van der Waals surface area (Å²) < 4.78 is 1.83. The Morgan fingerprint density at radius 2 is 1.46 bits per heavy atom. The highest BCUT2D eigenvalue weighted by Crippen LogP contribution is 2.22. The van der Waals surface area contributed by atoms with Gasteiger partial charge in [0.25, 0.3) is 0 Å². The number of aliphatic hydroxyl groups excluding tert-OH is 2. The minimum atomic E-state index is -0.0563. The van der Waals surface area contributed by atoms with Crippen LogP contribution in [0.25, 0.3) is 22.2 Å². The summed E-state index contributed by atoms with van der Waals surface area (Å²) in [4.78, 5) is 16.8. The van der Waals surface area contributed by atoms with Gasteiger partial charge < -0.3 is 10.2 Å². The van der Waals surface area contributed by atoms with Gasteiger partial charge in [0.05, 0.1) is 48.4 Å². The zero-order chi connectivity index (χ0) is 24.6. The van der Waals surface area contributed by atoms with Crippen LogP contribution in [0.2, 0.25) is 5.15 Å². The standard InChI is InChI=1S/C18H14ClN5O.C7H8ClNO/c19-18-4-3-16-17(23-18)5-13(7-21-16)14-8-22-24(10-14)9-12-1-2-15(11-25)20-6-12;8-3-6-1-2-7(5-10)9-4-6/h1-8,10,25H,9,11H2;1-2,4,10H,3,5H2. The SMILES string of the molecule is OCc1ccc(CCl)cn1.OCc1ccc(Cn2cc(-c3cnc4ccc(Cl)nc4c3)cn2)cn1. The van der Waals surface area contributed by atoms with E-state index < -0.39 is 0 Å². The molecule has 0 amide bonds. The third kappa shape index (κ3) is 6.58. The molecule has 2 N–H and O–H groups in total. The van der Waals surface area contributed by atoms with Crippen molar-refractivity contribution in [1.29, 1.82) is 0 Å².